The van der Waals surface area contributed by atoms with Crippen LogP contribution >= 0.6 is 11.3 Å². The van der Waals surface area contributed by atoms with Gasteiger partial charge in [-0.1, -0.05) is 6.07 Å². The smallest absolute Gasteiger partial charge is 0.337 e. The quantitative estimate of drug-likeness (QED) is 0.674. The summed E-state index contributed by atoms with van der Waals surface area (Å²) in [7, 11) is 1.33. The maximum atomic E-state index is 12.1. The van der Waals surface area contributed by atoms with Gasteiger partial charge in [0.05, 0.1) is 24.1 Å². The maximum absolute atomic E-state index is 12.1. The second-order valence-corrected chi connectivity index (χ2v) is 6.33. The highest BCUT2D eigenvalue weighted by molar-refractivity contribution is 7.13. The van der Waals surface area contributed by atoms with E-state index in [1.165, 1.54) is 18.4 Å². The fourth-order valence-electron chi connectivity index (χ4n) is 2.30. The molecule has 6 nitrogen and oxygen atoms in total. The number of benzene rings is 1. The van der Waals surface area contributed by atoms with Crippen LogP contribution in [0.25, 0.3) is 10.7 Å². The number of amides is 1. The van der Waals surface area contributed by atoms with Crippen LogP contribution in [0.1, 0.15) is 22.5 Å². The summed E-state index contributed by atoms with van der Waals surface area (Å²) < 4.78 is 4.64. The summed E-state index contributed by atoms with van der Waals surface area (Å²) in [6, 6.07) is 12.3. The predicted molar refractivity (Wildman–Crippen MR) is 100 cm³/mol. The molecule has 0 fully saturated rings. The summed E-state index contributed by atoms with van der Waals surface area (Å²) in [6.45, 7) is 0. The Balaban J connectivity index is 1.53. The largest absolute Gasteiger partial charge is 0.465 e. The van der Waals surface area contributed by atoms with Gasteiger partial charge in [-0.05, 0) is 42.8 Å². The standard InChI is InChI=1S/C19H17N3O3S/c1-25-19(24)13-5-7-14(8-6-13)21-17(23)10-9-15-12-26-18(22-15)16-4-2-3-11-20-16/h2-8,11-12H,9-10H2,1H3,(H,21,23). The lowest BCUT2D eigenvalue weighted by Crippen LogP contribution is -2.12. The van der Waals surface area contributed by atoms with Crippen molar-refractivity contribution in [2.75, 3.05) is 12.4 Å². The number of thiazole rings is 1. The van der Waals surface area contributed by atoms with Crippen LogP contribution in [-0.4, -0.2) is 29.0 Å². The van der Waals surface area contributed by atoms with E-state index in [1.807, 2.05) is 23.6 Å². The van der Waals surface area contributed by atoms with Crippen molar-refractivity contribution in [3.8, 4) is 10.7 Å². The second kappa shape index (κ2) is 8.35. The van der Waals surface area contributed by atoms with E-state index in [1.54, 1.807) is 30.5 Å². The van der Waals surface area contributed by atoms with Crippen molar-refractivity contribution in [2.24, 2.45) is 0 Å². The van der Waals surface area contributed by atoms with E-state index in [2.05, 4.69) is 20.0 Å². The maximum Gasteiger partial charge on any atom is 0.337 e. The lowest BCUT2D eigenvalue weighted by Gasteiger charge is -2.05. The van der Waals surface area contributed by atoms with Crippen molar-refractivity contribution in [1.29, 1.82) is 0 Å². The number of esters is 1. The van der Waals surface area contributed by atoms with E-state index in [0.717, 1.165) is 16.4 Å². The fourth-order valence-corrected chi connectivity index (χ4v) is 3.13. The molecule has 0 saturated heterocycles. The zero-order valence-corrected chi connectivity index (χ0v) is 15.0. The molecule has 0 bridgehead atoms. The normalized spacial score (nSPS) is 10.3. The Morgan fingerprint density at radius 3 is 2.65 bits per heavy atom. The molecule has 0 aliphatic rings. The number of carbonyl (C=O) groups is 2. The molecule has 0 aliphatic heterocycles. The van der Waals surface area contributed by atoms with E-state index >= 15 is 0 Å². The summed E-state index contributed by atoms with van der Waals surface area (Å²) in [5.74, 6) is -0.515. The Morgan fingerprint density at radius 1 is 1.15 bits per heavy atom. The number of methoxy groups -OCH3 is 1. The Bertz CT molecular complexity index is 892. The third-order valence-electron chi connectivity index (χ3n) is 3.63. The molecule has 0 saturated carbocycles. The highest BCUT2D eigenvalue weighted by atomic mass is 32.1. The van der Waals surface area contributed by atoms with Gasteiger partial charge in [-0.15, -0.1) is 11.3 Å². The van der Waals surface area contributed by atoms with Gasteiger partial charge in [0.2, 0.25) is 5.91 Å². The zero-order valence-electron chi connectivity index (χ0n) is 14.1. The summed E-state index contributed by atoms with van der Waals surface area (Å²) >= 11 is 1.52. The molecular weight excluding hydrogens is 350 g/mol. The topological polar surface area (TPSA) is 81.2 Å². The van der Waals surface area contributed by atoms with E-state index in [0.29, 0.717) is 24.1 Å². The van der Waals surface area contributed by atoms with E-state index in [-0.39, 0.29) is 5.91 Å². The number of nitrogens with zero attached hydrogens (tertiary/aromatic N) is 2. The SMILES string of the molecule is COC(=O)c1ccc(NC(=O)CCc2csc(-c3ccccn3)n2)cc1. The molecule has 132 valence electrons. The number of anilines is 1. The predicted octanol–water partition coefficient (Wildman–Crippen LogP) is 3.56. The molecule has 3 rings (SSSR count). The first-order valence-corrected chi connectivity index (χ1v) is 8.87. The van der Waals surface area contributed by atoms with Crippen LogP contribution in [0.3, 0.4) is 0 Å². The molecule has 2 heterocycles. The van der Waals surface area contributed by atoms with Gasteiger partial charge in [-0.3, -0.25) is 9.78 Å². The number of hydrogen-bond acceptors (Lipinski definition) is 6. The molecule has 0 spiro atoms. The van der Waals surface area contributed by atoms with Crippen molar-refractivity contribution in [1.82, 2.24) is 9.97 Å². The van der Waals surface area contributed by atoms with Crippen molar-refractivity contribution in [3.05, 3.63) is 65.3 Å². The van der Waals surface area contributed by atoms with Gasteiger partial charge in [-0.2, -0.15) is 0 Å². The van der Waals surface area contributed by atoms with Crippen LogP contribution in [0, 0.1) is 0 Å². The molecular formula is C19H17N3O3S. The molecule has 26 heavy (non-hydrogen) atoms. The summed E-state index contributed by atoms with van der Waals surface area (Å²) in [5, 5.41) is 5.60. The molecule has 2 aromatic heterocycles. The molecule has 7 heteroatoms. The average Bonchev–Trinajstić information content (AvgIpc) is 3.16. The van der Waals surface area contributed by atoms with Crippen molar-refractivity contribution < 1.29 is 14.3 Å². The lowest BCUT2D eigenvalue weighted by atomic mass is 10.2. The molecule has 3 aromatic rings. The summed E-state index contributed by atoms with van der Waals surface area (Å²) in [4.78, 5) is 32.3. The van der Waals surface area contributed by atoms with Gasteiger partial charge < -0.3 is 10.1 Å². The summed E-state index contributed by atoms with van der Waals surface area (Å²) in [6.07, 6.45) is 2.61. The van der Waals surface area contributed by atoms with Crippen LogP contribution in [-0.2, 0) is 16.0 Å². The first-order chi connectivity index (χ1) is 12.7. The number of hydrogen-bond donors (Lipinski definition) is 1. The van der Waals surface area contributed by atoms with E-state index in [9.17, 15) is 9.59 Å². The highest BCUT2D eigenvalue weighted by Crippen LogP contribution is 2.22. The minimum Gasteiger partial charge on any atom is -0.465 e. The van der Waals surface area contributed by atoms with Crippen LogP contribution in [0.4, 0.5) is 5.69 Å². The number of carbonyl (C=O) groups excluding carboxylic acids is 2. The molecule has 0 unspecified atom stereocenters. The number of nitrogens with one attached hydrogen (secondary N) is 1. The van der Waals surface area contributed by atoms with Gasteiger partial charge in [0.15, 0.2) is 0 Å². The Labute approximate surface area is 154 Å². The van der Waals surface area contributed by atoms with Crippen LogP contribution in [0.15, 0.2) is 54.0 Å². The summed E-state index contributed by atoms with van der Waals surface area (Å²) in [5.41, 5.74) is 2.77. The van der Waals surface area contributed by atoms with Gasteiger partial charge in [-0.25, -0.2) is 9.78 Å². The van der Waals surface area contributed by atoms with Crippen LogP contribution in [0.2, 0.25) is 0 Å². The van der Waals surface area contributed by atoms with E-state index in [4.69, 9.17) is 0 Å². The average molecular weight is 367 g/mol. The van der Waals surface area contributed by atoms with Crippen molar-refractivity contribution in [3.63, 3.8) is 0 Å². The third kappa shape index (κ3) is 4.52. The highest BCUT2D eigenvalue weighted by Gasteiger charge is 2.09. The van der Waals surface area contributed by atoms with Gasteiger partial charge in [0, 0.05) is 23.7 Å². The van der Waals surface area contributed by atoms with Crippen LogP contribution in [0.5, 0.6) is 0 Å². The molecule has 0 atom stereocenters. The molecule has 0 radical (unpaired) electrons. The van der Waals surface area contributed by atoms with Crippen molar-refractivity contribution in [2.45, 2.75) is 12.8 Å². The number of aryl methyl sites for hydroxylation is 1. The fraction of sp³-hybridized carbons (Fsp3) is 0.158. The first-order valence-electron chi connectivity index (χ1n) is 8.00. The Hall–Kier alpha value is -3.06. The van der Waals surface area contributed by atoms with Crippen LogP contribution < -0.4 is 5.32 Å². The minimum atomic E-state index is -0.407. The molecule has 0 aliphatic carbocycles. The Morgan fingerprint density at radius 2 is 1.96 bits per heavy atom. The van der Waals surface area contributed by atoms with Gasteiger partial charge in [0.1, 0.15) is 5.01 Å². The van der Waals surface area contributed by atoms with Gasteiger partial charge in [0.25, 0.3) is 0 Å². The monoisotopic (exact) mass is 367 g/mol. The van der Waals surface area contributed by atoms with Crippen molar-refractivity contribution >= 4 is 28.9 Å². The molecule has 1 amide bonds. The molecule has 1 N–H and O–H groups in total. The molecule has 1 aromatic carbocycles. The second-order valence-electron chi connectivity index (χ2n) is 5.48. The van der Waals surface area contributed by atoms with Gasteiger partial charge >= 0.3 is 5.97 Å². The number of pyridine rings is 1. The number of aromatic nitrogens is 2. The Kier molecular flexibility index (Phi) is 5.70. The number of ether oxygens (including phenoxy) is 1. The third-order valence-corrected chi connectivity index (χ3v) is 4.55. The van der Waals surface area contributed by atoms with E-state index < -0.39 is 5.97 Å². The minimum absolute atomic E-state index is 0.108. The first kappa shape index (κ1) is 17.8. The number of rotatable bonds is 6. The lowest BCUT2D eigenvalue weighted by molar-refractivity contribution is -0.116. The zero-order chi connectivity index (χ0) is 18.4.